The maximum absolute atomic E-state index is 12.4. The van der Waals surface area contributed by atoms with Crippen molar-refractivity contribution < 1.29 is 14.7 Å². The van der Waals surface area contributed by atoms with Gasteiger partial charge in [0.25, 0.3) is 5.91 Å². The summed E-state index contributed by atoms with van der Waals surface area (Å²) < 4.78 is 0. The molecule has 3 amide bonds. The van der Waals surface area contributed by atoms with Crippen LogP contribution in [0.25, 0.3) is 0 Å². The molecule has 2 aliphatic heterocycles. The Kier molecular flexibility index (Phi) is 7.06. The number of piperazine rings is 1. The summed E-state index contributed by atoms with van der Waals surface area (Å²) in [6.07, 6.45) is 2.61. The first-order valence-corrected chi connectivity index (χ1v) is 9.91. The number of β-amino-alcohol motifs (C(OH)–C–C–N with tert-alkyl or cyclic N) is 1. The van der Waals surface area contributed by atoms with E-state index in [-0.39, 0.29) is 18.0 Å². The third kappa shape index (κ3) is 5.68. The minimum Gasteiger partial charge on any atom is -0.392 e. The van der Waals surface area contributed by atoms with E-state index in [1.807, 2.05) is 30.3 Å². The van der Waals surface area contributed by atoms with Crippen molar-refractivity contribution in [2.75, 3.05) is 52.4 Å². The Morgan fingerprint density at radius 2 is 1.74 bits per heavy atom. The zero-order chi connectivity index (χ0) is 19.1. The van der Waals surface area contributed by atoms with Gasteiger partial charge in [0.15, 0.2) is 0 Å². The van der Waals surface area contributed by atoms with Gasteiger partial charge in [-0.2, -0.15) is 0 Å². The van der Waals surface area contributed by atoms with Gasteiger partial charge in [-0.25, -0.2) is 4.79 Å². The van der Waals surface area contributed by atoms with Crippen molar-refractivity contribution in [2.45, 2.75) is 25.4 Å². The molecule has 1 aromatic rings. The predicted molar refractivity (Wildman–Crippen MR) is 104 cm³/mol. The molecular formula is C20H30N4O3. The van der Waals surface area contributed by atoms with Gasteiger partial charge in [-0.15, -0.1) is 0 Å². The quantitative estimate of drug-likeness (QED) is 0.754. The molecule has 7 heteroatoms. The van der Waals surface area contributed by atoms with E-state index in [0.717, 1.165) is 38.9 Å². The van der Waals surface area contributed by atoms with Crippen LogP contribution in [0.5, 0.6) is 0 Å². The number of nitrogens with zero attached hydrogens (tertiary/aromatic N) is 3. The molecule has 1 atom stereocenters. The van der Waals surface area contributed by atoms with Crippen LogP contribution < -0.4 is 5.32 Å². The molecule has 2 N–H and O–H groups in total. The highest BCUT2D eigenvalue weighted by molar-refractivity contribution is 5.94. The van der Waals surface area contributed by atoms with Crippen LogP contribution in [0.1, 0.15) is 29.6 Å². The summed E-state index contributed by atoms with van der Waals surface area (Å²) in [4.78, 5) is 30.6. The number of rotatable bonds is 5. The lowest BCUT2D eigenvalue weighted by Gasteiger charge is -2.35. The van der Waals surface area contributed by atoms with Crippen molar-refractivity contribution in [2.24, 2.45) is 0 Å². The highest BCUT2D eigenvalue weighted by Gasteiger charge is 2.24. The Morgan fingerprint density at radius 3 is 2.44 bits per heavy atom. The molecule has 0 aliphatic carbocycles. The molecule has 0 aromatic heterocycles. The first kappa shape index (κ1) is 19.6. The number of aliphatic hydroxyl groups is 1. The van der Waals surface area contributed by atoms with E-state index in [2.05, 4.69) is 10.2 Å². The summed E-state index contributed by atoms with van der Waals surface area (Å²) in [6.45, 7) is 5.55. The minimum atomic E-state index is -0.205. The molecule has 0 saturated carbocycles. The predicted octanol–water partition coefficient (Wildman–Crippen LogP) is 1.00. The van der Waals surface area contributed by atoms with Crippen molar-refractivity contribution in [1.82, 2.24) is 20.0 Å². The van der Waals surface area contributed by atoms with Gasteiger partial charge in [0.2, 0.25) is 0 Å². The summed E-state index contributed by atoms with van der Waals surface area (Å²) in [5, 5.41) is 12.7. The van der Waals surface area contributed by atoms with Crippen LogP contribution in [0, 0.1) is 0 Å². The highest BCUT2D eigenvalue weighted by Crippen LogP contribution is 2.10. The van der Waals surface area contributed by atoms with Gasteiger partial charge in [-0.3, -0.25) is 4.79 Å². The molecule has 27 heavy (non-hydrogen) atoms. The lowest BCUT2D eigenvalue weighted by Crippen LogP contribution is -2.53. The summed E-state index contributed by atoms with van der Waals surface area (Å²) in [5.41, 5.74) is 0.693. The molecule has 1 aromatic carbocycles. The van der Waals surface area contributed by atoms with E-state index in [0.29, 0.717) is 38.3 Å². The first-order chi connectivity index (χ1) is 13.1. The summed E-state index contributed by atoms with van der Waals surface area (Å²) in [7, 11) is 0. The third-order valence-corrected chi connectivity index (χ3v) is 5.28. The van der Waals surface area contributed by atoms with Gasteiger partial charge in [0, 0.05) is 44.8 Å². The number of carbonyl (C=O) groups is 2. The number of carbonyl (C=O) groups excluding carboxylic acids is 2. The van der Waals surface area contributed by atoms with Crippen molar-refractivity contribution in [3.05, 3.63) is 35.9 Å². The van der Waals surface area contributed by atoms with Crippen molar-refractivity contribution in [1.29, 1.82) is 0 Å². The number of hydrogen-bond acceptors (Lipinski definition) is 4. The molecule has 0 spiro atoms. The second kappa shape index (κ2) is 9.71. The van der Waals surface area contributed by atoms with Crippen molar-refractivity contribution in [3.8, 4) is 0 Å². The average molecular weight is 374 g/mol. The fraction of sp³-hybridized carbons (Fsp3) is 0.600. The van der Waals surface area contributed by atoms with E-state index < -0.39 is 0 Å². The number of urea groups is 1. The van der Waals surface area contributed by atoms with Crippen molar-refractivity contribution >= 4 is 11.9 Å². The van der Waals surface area contributed by atoms with Gasteiger partial charge in [-0.05, 0) is 44.5 Å². The number of likely N-dealkylation sites (tertiary alicyclic amines) is 1. The number of aliphatic hydroxyl groups excluding tert-OH is 1. The first-order valence-electron chi connectivity index (χ1n) is 9.91. The van der Waals surface area contributed by atoms with E-state index in [1.165, 1.54) is 0 Å². The van der Waals surface area contributed by atoms with Crippen LogP contribution in [-0.4, -0.2) is 90.2 Å². The van der Waals surface area contributed by atoms with Gasteiger partial charge >= 0.3 is 6.03 Å². The molecule has 0 unspecified atom stereocenters. The van der Waals surface area contributed by atoms with Crippen LogP contribution in [0.2, 0.25) is 0 Å². The Labute approximate surface area is 160 Å². The van der Waals surface area contributed by atoms with E-state index in [1.54, 1.807) is 9.80 Å². The molecule has 2 aliphatic rings. The molecule has 7 nitrogen and oxygen atoms in total. The monoisotopic (exact) mass is 374 g/mol. The molecule has 2 fully saturated rings. The summed E-state index contributed by atoms with van der Waals surface area (Å²) in [5.74, 6) is 0.0272. The largest absolute Gasteiger partial charge is 0.392 e. The number of benzene rings is 1. The van der Waals surface area contributed by atoms with E-state index in [9.17, 15) is 14.7 Å². The van der Waals surface area contributed by atoms with Crippen molar-refractivity contribution in [3.63, 3.8) is 0 Å². The number of piperidine rings is 1. The number of hydrogen-bond donors (Lipinski definition) is 2. The van der Waals surface area contributed by atoms with Gasteiger partial charge < -0.3 is 25.1 Å². The SMILES string of the molecule is O=C(NCCCN1CCC[C@H](O)C1)N1CCN(C(=O)c2ccccc2)CC1. The molecule has 3 rings (SSSR count). The maximum Gasteiger partial charge on any atom is 0.317 e. The second-order valence-corrected chi connectivity index (χ2v) is 7.33. The molecule has 148 valence electrons. The third-order valence-electron chi connectivity index (χ3n) is 5.28. The Morgan fingerprint density at radius 1 is 1.04 bits per heavy atom. The molecular weight excluding hydrogens is 344 g/mol. The van der Waals surface area contributed by atoms with E-state index in [4.69, 9.17) is 0 Å². The zero-order valence-electron chi connectivity index (χ0n) is 15.8. The van der Waals surface area contributed by atoms with Gasteiger partial charge in [0.05, 0.1) is 6.10 Å². The topological polar surface area (TPSA) is 76.1 Å². The molecule has 2 saturated heterocycles. The van der Waals surface area contributed by atoms with Gasteiger partial charge in [0.1, 0.15) is 0 Å². The van der Waals surface area contributed by atoms with Crippen LogP contribution in [0.15, 0.2) is 30.3 Å². The van der Waals surface area contributed by atoms with Crippen LogP contribution in [0.4, 0.5) is 4.79 Å². The minimum absolute atomic E-state index is 0.0272. The highest BCUT2D eigenvalue weighted by atomic mass is 16.3. The maximum atomic E-state index is 12.4. The lowest BCUT2D eigenvalue weighted by atomic mass is 10.1. The summed E-state index contributed by atoms with van der Waals surface area (Å²) >= 11 is 0. The molecule has 2 heterocycles. The van der Waals surface area contributed by atoms with E-state index >= 15 is 0 Å². The Hall–Kier alpha value is -2.12. The Balaban J connectivity index is 1.33. The second-order valence-electron chi connectivity index (χ2n) is 7.33. The lowest BCUT2D eigenvalue weighted by molar-refractivity contribution is 0.0663. The normalized spacial score (nSPS) is 21.1. The van der Waals surface area contributed by atoms with Crippen LogP contribution in [0.3, 0.4) is 0 Å². The number of nitrogens with one attached hydrogen (secondary N) is 1. The fourth-order valence-electron chi connectivity index (χ4n) is 3.72. The summed E-state index contributed by atoms with van der Waals surface area (Å²) in [6, 6.07) is 9.21. The molecule has 0 radical (unpaired) electrons. The average Bonchev–Trinajstić information content (AvgIpc) is 2.71. The van der Waals surface area contributed by atoms with Crippen LogP contribution >= 0.6 is 0 Å². The zero-order valence-corrected chi connectivity index (χ0v) is 15.8. The number of amides is 3. The fourth-order valence-corrected chi connectivity index (χ4v) is 3.72. The van der Waals surface area contributed by atoms with Gasteiger partial charge in [-0.1, -0.05) is 18.2 Å². The standard InChI is InChI=1S/C20H30N4O3/c25-18-8-4-10-22(16-18)11-5-9-21-20(27)24-14-12-23(13-15-24)19(26)17-6-2-1-3-7-17/h1-3,6-7,18,25H,4-5,8-16H2,(H,21,27)/t18-/m0/s1. The smallest absolute Gasteiger partial charge is 0.317 e. The van der Waals surface area contributed by atoms with Crippen LogP contribution in [-0.2, 0) is 0 Å². The Bertz CT molecular complexity index is 617. The molecule has 0 bridgehead atoms.